The highest BCUT2D eigenvalue weighted by molar-refractivity contribution is 5.84. The monoisotopic (exact) mass is 335 g/mol. The molecule has 2 unspecified atom stereocenters. The second-order valence-corrected chi connectivity index (χ2v) is 6.42. The number of hydrazine groups is 1. The van der Waals surface area contributed by atoms with E-state index in [2.05, 4.69) is 58.6 Å². The van der Waals surface area contributed by atoms with E-state index in [9.17, 15) is 0 Å². The third kappa shape index (κ3) is 4.02. The molecular formula is C21H25N3O. The number of fused-ring (bicyclic) bond motifs is 1. The number of benzene rings is 2. The summed E-state index contributed by atoms with van der Waals surface area (Å²) in [6, 6.07) is 13.0. The number of methoxy groups -OCH3 is 1. The molecule has 2 aromatic rings. The van der Waals surface area contributed by atoms with Crippen molar-refractivity contribution in [3.05, 3.63) is 54.6 Å². The molecule has 0 radical (unpaired) electrons. The van der Waals surface area contributed by atoms with E-state index in [0.29, 0.717) is 12.5 Å². The van der Waals surface area contributed by atoms with Gasteiger partial charge >= 0.3 is 0 Å². The normalized spacial score (nSPS) is 19.9. The molecule has 3 rings (SSSR count). The molecule has 1 saturated heterocycles. The van der Waals surface area contributed by atoms with Crippen molar-refractivity contribution in [3.63, 3.8) is 0 Å². The van der Waals surface area contributed by atoms with Crippen LogP contribution in [0.3, 0.4) is 0 Å². The van der Waals surface area contributed by atoms with Gasteiger partial charge in [0.15, 0.2) is 0 Å². The van der Waals surface area contributed by atoms with Gasteiger partial charge in [0.05, 0.1) is 19.7 Å². The second-order valence-electron chi connectivity index (χ2n) is 6.42. The van der Waals surface area contributed by atoms with Crippen molar-refractivity contribution in [1.82, 2.24) is 15.8 Å². The highest BCUT2D eigenvalue weighted by Gasteiger charge is 2.29. The van der Waals surface area contributed by atoms with E-state index in [0.717, 1.165) is 25.4 Å². The van der Waals surface area contributed by atoms with Crippen molar-refractivity contribution in [2.75, 3.05) is 33.3 Å². The van der Waals surface area contributed by atoms with E-state index in [1.165, 1.54) is 16.3 Å². The van der Waals surface area contributed by atoms with Gasteiger partial charge in [0.25, 0.3) is 0 Å². The van der Waals surface area contributed by atoms with E-state index < -0.39 is 0 Å². The summed E-state index contributed by atoms with van der Waals surface area (Å²) in [4.78, 5) is 2.26. The molecule has 2 aromatic carbocycles. The van der Waals surface area contributed by atoms with E-state index in [4.69, 9.17) is 11.2 Å². The van der Waals surface area contributed by atoms with Crippen LogP contribution in [0.5, 0.6) is 5.75 Å². The lowest BCUT2D eigenvalue weighted by atomic mass is 9.92. The van der Waals surface area contributed by atoms with Gasteiger partial charge in [0.2, 0.25) is 0 Å². The Balaban J connectivity index is 1.80. The molecular weight excluding hydrogens is 310 g/mol. The van der Waals surface area contributed by atoms with Crippen LogP contribution in [0, 0.1) is 18.3 Å². The summed E-state index contributed by atoms with van der Waals surface area (Å²) < 4.78 is 5.31. The first kappa shape index (κ1) is 17.5. The highest BCUT2D eigenvalue weighted by Crippen LogP contribution is 2.29. The fraction of sp³-hybridized carbons (Fsp3) is 0.333. The minimum Gasteiger partial charge on any atom is -0.497 e. The summed E-state index contributed by atoms with van der Waals surface area (Å²) in [6.45, 7) is 7.14. The lowest BCUT2D eigenvalue weighted by molar-refractivity contribution is 0.271. The molecule has 0 aliphatic carbocycles. The molecule has 2 atom stereocenters. The van der Waals surface area contributed by atoms with Crippen molar-refractivity contribution < 1.29 is 4.74 Å². The summed E-state index contributed by atoms with van der Waals surface area (Å²) in [5.74, 6) is 4.07. The second kappa shape index (κ2) is 8.17. The molecule has 4 nitrogen and oxygen atoms in total. The van der Waals surface area contributed by atoms with E-state index in [-0.39, 0.29) is 6.04 Å². The average molecular weight is 335 g/mol. The summed E-state index contributed by atoms with van der Waals surface area (Å²) in [5.41, 5.74) is 8.01. The minimum absolute atomic E-state index is 0.261. The Morgan fingerprint density at radius 1 is 1.32 bits per heavy atom. The predicted octanol–water partition coefficient (Wildman–Crippen LogP) is 2.73. The third-order valence-corrected chi connectivity index (χ3v) is 4.72. The highest BCUT2D eigenvalue weighted by atomic mass is 16.5. The number of hydrogen-bond acceptors (Lipinski definition) is 4. The van der Waals surface area contributed by atoms with Gasteiger partial charge in [-0.3, -0.25) is 10.3 Å². The zero-order chi connectivity index (χ0) is 17.6. The van der Waals surface area contributed by atoms with Crippen LogP contribution in [0.25, 0.3) is 10.8 Å². The van der Waals surface area contributed by atoms with E-state index >= 15 is 0 Å². The van der Waals surface area contributed by atoms with Crippen LogP contribution in [0.1, 0.15) is 11.6 Å². The molecule has 4 heteroatoms. The van der Waals surface area contributed by atoms with Gasteiger partial charge in [-0.1, -0.05) is 30.2 Å². The van der Waals surface area contributed by atoms with Crippen molar-refractivity contribution in [3.8, 4) is 18.1 Å². The van der Waals surface area contributed by atoms with Gasteiger partial charge < -0.3 is 4.74 Å². The molecule has 2 N–H and O–H groups in total. The van der Waals surface area contributed by atoms with Gasteiger partial charge in [-0.25, -0.2) is 5.43 Å². The van der Waals surface area contributed by atoms with Crippen molar-refractivity contribution in [2.45, 2.75) is 6.04 Å². The molecule has 25 heavy (non-hydrogen) atoms. The van der Waals surface area contributed by atoms with Gasteiger partial charge in [0.1, 0.15) is 5.75 Å². The summed E-state index contributed by atoms with van der Waals surface area (Å²) in [6.07, 6.45) is 7.41. The number of terminal acetylenes is 1. The lowest BCUT2D eigenvalue weighted by Crippen LogP contribution is -2.33. The summed E-state index contributed by atoms with van der Waals surface area (Å²) in [5, 5.41) is 2.41. The van der Waals surface area contributed by atoms with Crippen LogP contribution in [0.4, 0.5) is 0 Å². The Labute approximate surface area is 149 Å². The fourth-order valence-corrected chi connectivity index (χ4v) is 3.47. The maximum Gasteiger partial charge on any atom is 0.119 e. The van der Waals surface area contributed by atoms with Crippen LogP contribution in [0.2, 0.25) is 0 Å². The third-order valence-electron chi connectivity index (χ3n) is 4.72. The number of rotatable bonds is 7. The molecule has 130 valence electrons. The maximum atomic E-state index is 5.50. The van der Waals surface area contributed by atoms with Gasteiger partial charge in [-0.05, 0) is 34.5 Å². The van der Waals surface area contributed by atoms with Gasteiger partial charge in [0, 0.05) is 25.6 Å². The largest absolute Gasteiger partial charge is 0.497 e. The van der Waals surface area contributed by atoms with E-state index in [1.54, 1.807) is 7.11 Å². The Kier molecular flexibility index (Phi) is 5.72. The Morgan fingerprint density at radius 3 is 2.88 bits per heavy atom. The average Bonchev–Trinajstić information content (AvgIpc) is 3.09. The molecule has 0 amide bonds. The van der Waals surface area contributed by atoms with E-state index in [1.807, 2.05) is 12.1 Å². The number of ether oxygens (including phenoxy) is 1. The minimum atomic E-state index is 0.261. The SMILES string of the molecule is C#CCN(CC=C)CC1CNNC1c1ccc2cc(OC)ccc2c1. The number of hydrogen-bond donors (Lipinski definition) is 2. The first-order chi connectivity index (χ1) is 12.2. The molecule has 0 aromatic heterocycles. The maximum absolute atomic E-state index is 5.50. The molecule has 0 spiro atoms. The first-order valence-corrected chi connectivity index (χ1v) is 8.58. The number of nitrogens with zero attached hydrogens (tertiary/aromatic N) is 1. The van der Waals surface area contributed by atoms with Crippen LogP contribution in [-0.2, 0) is 0 Å². The Morgan fingerprint density at radius 2 is 2.12 bits per heavy atom. The topological polar surface area (TPSA) is 36.5 Å². The fourth-order valence-electron chi connectivity index (χ4n) is 3.47. The van der Waals surface area contributed by atoms with Crippen LogP contribution in [0.15, 0.2) is 49.1 Å². The smallest absolute Gasteiger partial charge is 0.119 e. The quantitative estimate of drug-likeness (QED) is 0.603. The zero-order valence-electron chi connectivity index (χ0n) is 14.7. The zero-order valence-corrected chi connectivity index (χ0v) is 14.7. The molecule has 1 heterocycles. The van der Waals surface area contributed by atoms with Crippen LogP contribution >= 0.6 is 0 Å². The standard InChI is InChI=1S/C21H25N3O/c1-4-10-24(11-5-2)15-19-14-22-23-21(19)18-7-6-17-13-20(25-3)9-8-16(17)12-18/h1,5-9,12-13,19,21-23H,2,10-11,14-15H2,3H3. The summed E-state index contributed by atoms with van der Waals surface area (Å²) in [7, 11) is 1.69. The number of nitrogens with one attached hydrogen (secondary N) is 2. The molecule has 0 saturated carbocycles. The first-order valence-electron chi connectivity index (χ1n) is 8.58. The Bertz CT molecular complexity index is 780. The van der Waals surface area contributed by atoms with Crippen molar-refractivity contribution >= 4 is 10.8 Å². The molecule has 1 aliphatic heterocycles. The van der Waals surface area contributed by atoms with Crippen molar-refractivity contribution in [2.24, 2.45) is 5.92 Å². The Hall–Kier alpha value is -2.32. The molecule has 1 fully saturated rings. The molecule has 0 bridgehead atoms. The van der Waals surface area contributed by atoms with Crippen molar-refractivity contribution in [1.29, 1.82) is 0 Å². The predicted molar refractivity (Wildman–Crippen MR) is 103 cm³/mol. The van der Waals surface area contributed by atoms with Crippen LogP contribution in [-0.4, -0.2) is 38.2 Å². The lowest BCUT2D eigenvalue weighted by Gasteiger charge is -2.25. The summed E-state index contributed by atoms with van der Waals surface area (Å²) >= 11 is 0. The van der Waals surface area contributed by atoms with Gasteiger partial charge in [-0.15, -0.1) is 13.0 Å². The van der Waals surface area contributed by atoms with Crippen LogP contribution < -0.4 is 15.6 Å². The molecule has 1 aliphatic rings. The van der Waals surface area contributed by atoms with Gasteiger partial charge in [-0.2, -0.15) is 0 Å².